The third kappa shape index (κ3) is 4.98. The lowest BCUT2D eigenvalue weighted by Crippen LogP contribution is -2.22. The Bertz CT molecular complexity index is 882. The first-order valence-corrected chi connectivity index (χ1v) is 8.12. The van der Waals surface area contributed by atoms with Gasteiger partial charge in [-0.05, 0) is 35.9 Å². The first-order chi connectivity index (χ1) is 12.7. The van der Waals surface area contributed by atoms with E-state index < -0.39 is 0 Å². The third-order valence-corrected chi connectivity index (χ3v) is 3.53. The molecule has 0 aliphatic rings. The number of benzene rings is 2. The summed E-state index contributed by atoms with van der Waals surface area (Å²) in [7, 11) is 1.58. The number of rotatable bonds is 6. The molecule has 132 valence electrons. The number of nitrogens with zero attached hydrogens (tertiary/aromatic N) is 2. The molecule has 2 aromatic carbocycles. The van der Waals surface area contributed by atoms with E-state index in [2.05, 4.69) is 15.3 Å². The number of aliphatic imine (C=N–C) groups is 1. The van der Waals surface area contributed by atoms with Gasteiger partial charge in [0, 0.05) is 24.0 Å². The molecule has 1 heterocycles. The maximum atomic E-state index is 5.98. The molecule has 3 rings (SSSR count). The molecule has 0 atom stereocenters. The second kappa shape index (κ2) is 8.53. The second-order valence-electron chi connectivity index (χ2n) is 5.48. The normalized spacial score (nSPS) is 11.0. The van der Waals surface area contributed by atoms with E-state index in [1.54, 1.807) is 13.3 Å². The fraction of sp³-hybridized carbons (Fsp3) is 0.100. The van der Waals surface area contributed by atoms with Crippen LogP contribution in [0.5, 0.6) is 17.4 Å². The highest BCUT2D eigenvalue weighted by Gasteiger charge is 2.01. The zero-order valence-corrected chi connectivity index (χ0v) is 14.4. The molecule has 0 spiro atoms. The molecule has 0 radical (unpaired) electrons. The van der Waals surface area contributed by atoms with E-state index in [9.17, 15) is 0 Å². The summed E-state index contributed by atoms with van der Waals surface area (Å²) in [5.41, 5.74) is 7.74. The number of aromatic nitrogens is 1. The average Bonchev–Trinajstić information content (AvgIpc) is 2.68. The lowest BCUT2D eigenvalue weighted by molar-refractivity contribution is 0.397. The van der Waals surface area contributed by atoms with E-state index in [1.807, 2.05) is 66.7 Å². The van der Waals surface area contributed by atoms with Crippen molar-refractivity contribution in [3.8, 4) is 17.4 Å². The molecule has 0 saturated carbocycles. The van der Waals surface area contributed by atoms with Gasteiger partial charge >= 0.3 is 0 Å². The van der Waals surface area contributed by atoms with Gasteiger partial charge in [-0.2, -0.15) is 0 Å². The van der Waals surface area contributed by atoms with Gasteiger partial charge in [-0.3, -0.25) is 0 Å². The van der Waals surface area contributed by atoms with E-state index in [1.165, 1.54) is 0 Å². The van der Waals surface area contributed by atoms with E-state index >= 15 is 0 Å². The van der Waals surface area contributed by atoms with Gasteiger partial charge in [0.05, 0.1) is 13.7 Å². The quantitative estimate of drug-likeness (QED) is 0.523. The number of hydrogen-bond donors (Lipinski definition) is 2. The lowest BCUT2D eigenvalue weighted by atomic mass is 10.3. The monoisotopic (exact) mass is 348 g/mol. The predicted molar refractivity (Wildman–Crippen MR) is 103 cm³/mol. The molecule has 0 fully saturated rings. The van der Waals surface area contributed by atoms with Crippen LogP contribution in [0.2, 0.25) is 0 Å². The second-order valence-corrected chi connectivity index (χ2v) is 5.48. The summed E-state index contributed by atoms with van der Waals surface area (Å²) in [6.45, 7) is 0.428. The van der Waals surface area contributed by atoms with Gasteiger partial charge < -0.3 is 20.5 Å². The highest BCUT2D eigenvalue weighted by atomic mass is 16.5. The average molecular weight is 348 g/mol. The Morgan fingerprint density at radius 1 is 1.04 bits per heavy atom. The predicted octanol–water partition coefficient (Wildman–Crippen LogP) is 3.81. The van der Waals surface area contributed by atoms with Crippen LogP contribution in [0.3, 0.4) is 0 Å². The van der Waals surface area contributed by atoms with Crippen molar-refractivity contribution in [3.05, 3.63) is 78.5 Å². The van der Waals surface area contributed by atoms with Crippen molar-refractivity contribution in [1.29, 1.82) is 0 Å². The highest BCUT2D eigenvalue weighted by molar-refractivity contribution is 5.92. The summed E-state index contributed by atoms with van der Waals surface area (Å²) in [6, 6.07) is 20.8. The van der Waals surface area contributed by atoms with E-state index in [-0.39, 0.29) is 0 Å². The van der Waals surface area contributed by atoms with Crippen LogP contribution in [0.25, 0.3) is 0 Å². The minimum atomic E-state index is 0.317. The van der Waals surface area contributed by atoms with E-state index in [0.29, 0.717) is 24.1 Å². The summed E-state index contributed by atoms with van der Waals surface area (Å²) in [4.78, 5) is 8.40. The van der Waals surface area contributed by atoms with Crippen LogP contribution in [0.1, 0.15) is 5.56 Å². The molecule has 26 heavy (non-hydrogen) atoms. The molecule has 3 aromatic rings. The van der Waals surface area contributed by atoms with Crippen LogP contribution in [0, 0.1) is 0 Å². The molecular formula is C20H20N4O2. The first-order valence-electron chi connectivity index (χ1n) is 8.12. The van der Waals surface area contributed by atoms with Crippen molar-refractivity contribution < 1.29 is 9.47 Å². The van der Waals surface area contributed by atoms with Crippen molar-refractivity contribution in [1.82, 2.24) is 4.98 Å². The number of ether oxygens (including phenoxy) is 2. The molecule has 0 aliphatic heterocycles. The topological polar surface area (TPSA) is 81.8 Å². The summed E-state index contributed by atoms with van der Waals surface area (Å²) in [6.07, 6.45) is 1.68. The number of hydrogen-bond acceptors (Lipinski definition) is 4. The van der Waals surface area contributed by atoms with Crippen molar-refractivity contribution in [2.45, 2.75) is 6.54 Å². The van der Waals surface area contributed by atoms with Gasteiger partial charge in [0.25, 0.3) is 0 Å². The fourth-order valence-electron chi connectivity index (χ4n) is 2.29. The van der Waals surface area contributed by atoms with Crippen molar-refractivity contribution >= 4 is 11.6 Å². The maximum absolute atomic E-state index is 5.98. The molecular weight excluding hydrogens is 328 g/mol. The summed E-state index contributed by atoms with van der Waals surface area (Å²) in [5.74, 6) is 2.36. The van der Waals surface area contributed by atoms with Gasteiger partial charge in [0.2, 0.25) is 5.88 Å². The van der Waals surface area contributed by atoms with Crippen molar-refractivity contribution in [3.63, 3.8) is 0 Å². The van der Waals surface area contributed by atoms with Gasteiger partial charge in [-0.25, -0.2) is 9.98 Å². The Kier molecular flexibility index (Phi) is 5.67. The van der Waals surface area contributed by atoms with Crippen LogP contribution in [-0.4, -0.2) is 18.1 Å². The van der Waals surface area contributed by atoms with Crippen molar-refractivity contribution in [2.24, 2.45) is 10.7 Å². The van der Waals surface area contributed by atoms with Gasteiger partial charge in [0.15, 0.2) is 5.96 Å². The molecule has 6 heteroatoms. The zero-order chi connectivity index (χ0) is 18.2. The molecule has 0 aliphatic carbocycles. The Balaban J connectivity index is 1.63. The standard InChI is InChI=1S/C20H20N4O2/c1-25-19-12-15(10-11-22-19)14-23-20(21)24-16-6-5-9-18(13-16)26-17-7-3-2-4-8-17/h2-13H,14H2,1H3,(H3,21,23,24). The van der Waals surface area contributed by atoms with E-state index in [0.717, 1.165) is 17.0 Å². The van der Waals surface area contributed by atoms with Gasteiger partial charge in [0.1, 0.15) is 11.5 Å². The van der Waals surface area contributed by atoms with Gasteiger partial charge in [-0.15, -0.1) is 0 Å². The van der Waals surface area contributed by atoms with E-state index in [4.69, 9.17) is 15.2 Å². The highest BCUT2D eigenvalue weighted by Crippen LogP contribution is 2.23. The number of methoxy groups -OCH3 is 1. The Hall–Kier alpha value is -3.54. The van der Waals surface area contributed by atoms with Crippen LogP contribution >= 0.6 is 0 Å². The van der Waals surface area contributed by atoms with Gasteiger partial charge in [-0.1, -0.05) is 24.3 Å². The molecule has 0 bridgehead atoms. The fourth-order valence-corrected chi connectivity index (χ4v) is 2.29. The lowest BCUT2D eigenvalue weighted by Gasteiger charge is -2.09. The zero-order valence-electron chi connectivity index (χ0n) is 14.4. The van der Waals surface area contributed by atoms with Crippen LogP contribution in [-0.2, 0) is 6.54 Å². The minimum absolute atomic E-state index is 0.317. The molecule has 1 aromatic heterocycles. The Labute approximate surface area is 152 Å². The van der Waals surface area contributed by atoms with Crippen LogP contribution in [0.15, 0.2) is 77.9 Å². The van der Waals surface area contributed by atoms with Crippen LogP contribution < -0.4 is 20.5 Å². The largest absolute Gasteiger partial charge is 0.481 e. The molecule has 3 N–H and O–H groups in total. The number of guanidine groups is 1. The first kappa shape index (κ1) is 17.3. The van der Waals surface area contributed by atoms with Crippen molar-refractivity contribution in [2.75, 3.05) is 12.4 Å². The smallest absolute Gasteiger partial charge is 0.213 e. The molecule has 0 saturated heterocycles. The Morgan fingerprint density at radius 2 is 1.85 bits per heavy atom. The molecule has 0 amide bonds. The number of anilines is 1. The number of para-hydroxylation sites is 1. The summed E-state index contributed by atoms with van der Waals surface area (Å²) >= 11 is 0. The molecule has 6 nitrogen and oxygen atoms in total. The minimum Gasteiger partial charge on any atom is -0.481 e. The summed E-state index contributed by atoms with van der Waals surface area (Å²) < 4.78 is 10.9. The van der Waals surface area contributed by atoms with Crippen LogP contribution in [0.4, 0.5) is 5.69 Å². The Morgan fingerprint density at radius 3 is 2.65 bits per heavy atom. The number of pyridine rings is 1. The third-order valence-electron chi connectivity index (χ3n) is 3.53. The summed E-state index contributed by atoms with van der Waals surface area (Å²) in [5, 5.41) is 3.07. The number of nitrogens with two attached hydrogens (primary N) is 1. The number of nitrogens with one attached hydrogen (secondary N) is 1. The maximum Gasteiger partial charge on any atom is 0.213 e. The SMILES string of the molecule is COc1cc(CN=C(N)Nc2cccc(Oc3ccccc3)c2)ccn1. The molecule has 0 unspecified atom stereocenters.